The molecule has 3 unspecified atom stereocenters. The van der Waals surface area contributed by atoms with Gasteiger partial charge in [-0.05, 0) is 23.8 Å². The molecule has 1 heterocycles. The highest BCUT2D eigenvalue weighted by Gasteiger charge is 2.31. The zero-order valence-corrected chi connectivity index (χ0v) is 13.1. The summed E-state index contributed by atoms with van der Waals surface area (Å²) in [6.45, 7) is 7.11. The van der Waals surface area contributed by atoms with E-state index in [-0.39, 0.29) is 5.91 Å². The summed E-state index contributed by atoms with van der Waals surface area (Å²) in [6, 6.07) is 10.3. The predicted molar refractivity (Wildman–Crippen MR) is 85.6 cm³/mol. The molecule has 1 fully saturated rings. The fourth-order valence-electron chi connectivity index (χ4n) is 3.36. The van der Waals surface area contributed by atoms with E-state index in [0.717, 1.165) is 12.1 Å². The van der Waals surface area contributed by atoms with Crippen molar-refractivity contribution in [2.75, 3.05) is 19.6 Å². The van der Waals surface area contributed by atoms with Crippen LogP contribution in [0.5, 0.6) is 0 Å². The van der Waals surface area contributed by atoms with E-state index in [1.54, 1.807) is 0 Å². The molecular weight excluding hydrogens is 262 g/mol. The monoisotopic (exact) mass is 289 g/mol. The zero-order chi connectivity index (χ0) is 15.2. The lowest BCUT2D eigenvalue weighted by molar-refractivity contribution is -0.124. The summed E-state index contributed by atoms with van der Waals surface area (Å²) in [5, 5.41) is 3.00. The third-order valence-electron chi connectivity index (χ3n) is 4.37. The number of piperidine rings is 1. The summed E-state index contributed by atoms with van der Waals surface area (Å²) in [5.74, 6) is 1.27. The molecule has 1 aliphatic heterocycles. The van der Waals surface area contributed by atoms with Gasteiger partial charge < -0.3 is 11.1 Å². The van der Waals surface area contributed by atoms with Crippen LogP contribution >= 0.6 is 0 Å². The van der Waals surface area contributed by atoms with Gasteiger partial charge in [-0.1, -0.05) is 44.2 Å². The van der Waals surface area contributed by atoms with Crippen LogP contribution in [0.4, 0.5) is 0 Å². The van der Waals surface area contributed by atoms with Crippen LogP contribution in [0.1, 0.15) is 25.8 Å². The highest BCUT2D eigenvalue weighted by atomic mass is 16.2. The fraction of sp³-hybridized carbons (Fsp3) is 0.588. The molecule has 0 saturated carbocycles. The molecule has 21 heavy (non-hydrogen) atoms. The molecule has 0 spiro atoms. The van der Waals surface area contributed by atoms with E-state index in [2.05, 4.69) is 24.1 Å². The number of carbonyl (C=O) groups is 1. The number of nitrogens with two attached hydrogens (primary N) is 1. The predicted octanol–water partition coefficient (Wildman–Crippen LogP) is 1.61. The lowest BCUT2D eigenvalue weighted by Crippen LogP contribution is -2.53. The summed E-state index contributed by atoms with van der Waals surface area (Å²) >= 11 is 0. The van der Waals surface area contributed by atoms with Gasteiger partial charge in [0.1, 0.15) is 0 Å². The number of benzene rings is 1. The number of carbonyl (C=O) groups excluding carboxylic acids is 1. The molecule has 1 saturated heterocycles. The smallest absolute Gasteiger partial charge is 0.234 e. The van der Waals surface area contributed by atoms with E-state index < -0.39 is 0 Å². The highest BCUT2D eigenvalue weighted by Crippen LogP contribution is 2.26. The molecule has 0 radical (unpaired) electrons. The van der Waals surface area contributed by atoms with Gasteiger partial charge in [-0.3, -0.25) is 9.69 Å². The standard InChI is InChI=1S/C17H27N3O/c1-13-8-14(2)16(9-18)20(11-13)12-17(21)19-10-15-6-4-3-5-7-15/h3-7,13-14,16H,8-12,18H2,1-2H3,(H,19,21). The molecule has 0 aliphatic carbocycles. The van der Waals surface area contributed by atoms with Crippen LogP contribution in [0.2, 0.25) is 0 Å². The van der Waals surface area contributed by atoms with Crippen molar-refractivity contribution in [3.05, 3.63) is 35.9 Å². The number of nitrogens with zero attached hydrogens (tertiary/aromatic N) is 1. The Morgan fingerprint density at radius 1 is 1.33 bits per heavy atom. The van der Waals surface area contributed by atoms with Gasteiger partial charge >= 0.3 is 0 Å². The normalized spacial score (nSPS) is 26.5. The minimum Gasteiger partial charge on any atom is -0.351 e. The highest BCUT2D eigenvalue weighted by molar-refractivity contribution is 5.78. The second-order valence-electron chi connectivity index (χ2n) is 6.31. The van der Waals surface area contributed by atoms with E-state index in [1.165, 1.54) is 6.42 Å². The lowest BCUT2D eigenvalue weighted by atomic mass is 9.85. The van der Waals surface area contributed by atoms with Crippen molar-refractivity contribution in [3.8, 4) is 0 Å². The molecule has 4 heteroatoms. The first-order chi connectivity index (χ1) is 10.1. The Morgan fingerprint density at radius 2 is 2.05 bits per heavy atom. The van der Waals surface area contributed by atoms with E-state index in [4.69, 9.17) is 5.73 Å². The molecule has 4 nitrogen and oxygen atoms in total. The van der Waals surface area contributed by atoms with Gasteiger partial charge in [0.15, 0.2) is 0 Å². The Hall–Kier alpha value is -1.39. The van der Waals surface area contributed by atoms with Crippen LogP contribution in [0, 0.1) is 11.8 Å². The van der Waals surface area contributed by atoms with Crippen molar-refractivity contribution in [2.45, 2.75) is 32.9 Å². The number of likely N-dealkylation sites (tertiary alicyclic amines) is 1. The number of hydrogen-bond donors (Lipinski definition) is 2. The van der Waals surface area contributed by atoms with Gasteiger partial charge in [-0.25, -0.2) is 0 Å². The van der Waals surface area contributed by atoms with E-state index in [1.807, 2.05) is 30.3 Å². The quantitative estimate of drug-likeness (QED) is 0.866. The Labute approximate surface area is 127 Å². The zero-order valence-electron chi connectivity index (χ0n) is 13.1. The van der Waals surface area contributed by atoms with E-state index in [0.29, 0.717) is 37.5 Å². The summed E-state index contributed by atoms with van der Waals surface area (Å²) in [4.78, 5) is 14.4. The second kappa shape index (κ2) is 7.57. The van der Waals surface area contributed by atoms with Crippen LogP contribution in [-0.4, -0.2) is 36.5 Å². The molecule has 1 amide bonds. The third-order valence-corrected chi connectivity index (χ3v) is 4.37. The van der Waals surface area contributed by atoms with Crippen molar-refractivity contribution in [3.63, 3.8) is 0 Å². The van der Waals surface area contributed by atoms with Gasteiger partial charge in [0, 0.05) is 25.7 Å². The molecule has 1 aromatic carbocycles. The van der Waals surface area contributed by atoms with Crippen molar-refractivity contribution in [1.82, 2.24) is 10.2 Å². The van der Waals surface area contributed by atoms with E-state index >= 15 is 0 Å². The topological polar surface area (TPSA) is 58.4 Å². The first-order valence-corrected chi connectivity index (χ1v) is 7.85. The van der Waals surface area contributed by atoms with Gasteiger partial charge in [-0.2, -0.15) is 0 Å². The summed E-state index contributed by atoms with van der Waals surface area (Å²) < 4.78 is 0. The third kappa shape index (κ3) is 4.55. The molecule has 0 bridgehead atoms. The van der Waals surface area contributed by atoms with Crippen LogP contribution in [0.15, 0.2) is 30.3 Å². The summed E-state index contributed by atoms with van der Waals surface area (Å²) in [5.41, 5.74) is 7.02. The average molecular weight is 289 g/mol. The number of hydrogen-bond acceptors (Lipinski definition) is 3. The van der Waals surface area contributed by atoms with Crippen molar-refractivity contribution >= 4 is 5.91 Å². The summed E-state index contributed by atoms with van der Waals surface area (Å²) in [7, 11) is 0. The Kier molecular flexibility index (Phi) is 5.76. The number of rotatable bonds is 5. The Bertz CT molecular complexity index is 449. The first-order valence-electron chi connectivity index (χ1n) is 7.85. The average Bonchev–Trinajstić information content (AvgIpc) is 2.46. The fourth-order valence-corrected chi connectivity index (χ4v) is 3.36. The van der Waals surface area contributed by atoms with Crippen LogP contribution in [0.3, 0.4) is 0 Å². The SMILES string of the molecule is CC1CC(C)C(CN)N(CC(=O)NCc2ccccc2)C1. The van der Waals surface area contributed by atoms with Crippen LogP contribution in [-0.2, 0) is 11.3 Å². The van der Waals surface area contributed by atoms with Crippen LogP contribution < -0.4 is 11.1 Å². The Morgan fingerprint density at radius 3 is 2.71 bits per heavy atom. The Balaban J connectivity index is 1.85. The molecule has 1 aliphatic rings. The minimum absolute atomic E-state index is 0.0820. The number of amides is 1. The van der Waals surface area contributed by atoms with Gasteiger partial charge in [-0.15, -0.1) is 0 Å². The maximum absolute atomic E-state index is 12.2. The van der Waals surface area contributed by atoms with Gasteiger partial charge in [0.25, 0.3) is 0 Å². The maximum Gasteiger partial charge on any atom is 0.234 e. The van der Waals surface area contributed by atoms with Gasteiger partial charge in [0.2, 0.25) is 5.91 Å². The van der Waals surface area contributed by atoms with Crippen molar-refractivity contribution < 1.29 is 4.79 Å². The molecule has 1 aromatic rings. The van der Waals surface area contributed by atoms with Crippen molar-refractivity contribution in [2.24, 2.45) is 17.6 Å². The van der Waals surface area contributed by atoms with Gasteiger partial charge in [0.05, 0.1) is 6.54 Å². The minimum atomic E-state index is 0.0820. The second-order valence-corrected chi connectivity index (χ2v) is 6.31. The first kappa shape index (κ1) is 16.0. The molecule has 2 rings (SSSR count). The molecule has 116 valence electrons. The summed E-state index contributed by atoms with van der Waals surface area (Å²) in [6.07, 6.45) is 1.20. The molecule has 3 N–H and O–H groups in total. The van der Waals surface area contributed by atoms with E-state index in [9.17, 15) is 4.79 Å². The molecule has 0 aromatic heterocycles. The maximum atomic E-state index is 12.2. The molecular formula is C17H27N3O. The lowest BCUT2D eigenvalue weighted by Gasteiger charge is -2.42. The largest absolute Gasteiger partial charge is 0.351 e. The molecule has 3 atom stereocenters. The van der Waals surface area contributed by atoms with Crippen molar-refractivity contribution in [1.29, 1.82) is 0 Å². The van der Waals surface area contributed by atoms with Crippen LogP contribution in [0.25, 0.3) is 0 Å². The number of nitrogens with one attached hydrogen (secondary N) is 1.